The van der Waals surface area contributed by atoms with Gasteiger partial charge in [0.15, 0.2) is 0 Å². The molecule has 154 valence electrons. The summed E-state index contributed by atoms with van der Waals surface area (Å²) in [5, 5.41) is 5.31. The first kappa shape index (κ1) is 20.9. The Labute approximate surface area is 173 Å². The lowest BCUT2D eigenvalue weighted by atomic mass is 10.1. The highest BCUT2D eigenvalue weighted by Crippen LogP contribution is 2.22. The maximum absolute atomic E-state index is 13.2. The average molecular weight is 408 g/mol. The van der Waals surface area contributed by atoms with Crippen LogP contribution in [0.3, 0.4) is 0 Å². The van der Waals surface area contributed by atoms with Crippen LogP contribution in [-0.2, 0) is 22.7 Å². The van der Waals surface area contributed by atoms with Crippen molar-refractivity contribution < 1.29 is 18.7 Å². The molecule has 0 bridgehead atoms. The second-order valence-electron chi connectivity index (χ2n) is 6.69. The molecule has 2 N–H and O–H groups in total. The number of aryl methyl sites for hydroxylation is 1. The SMILES string of the molecule is CC(=O)Nc1cc(Oc2ccc(CC(=O)Nc3ccc(C)cc3CF)cc2)ncn1. The Morgan fingerprint density at radius 1 is 1.03 bits per heavy atom. The molecule has 2 amide bonds. The quantitative estimate of drug-likeness (QED) is 0.612. The second-order valence-corrected chi connectivity index (χ2v) is 6.69. The number of hydrogen-bond donors (Lipinski definition) is 2. The third kappa shape index (κ3) is 5.84. The number of nitrogens with one attached hydrogen (secondary N) is 2. The molecule has 0 aliphatic rings. The molecule has 0 radical (unpaired) electrons. The summed E-state index contributed by atoms with van der Waals surface area (Å²) >= 11 is 0. The molecular formula is C22H21FN4O3. The van der Waals surface area contributed by atoms with Crippen LogP contribution in [0.1, 0.15) is 23.6 Å². The Hall–Kier alpha value is -3.81. The van der Waals surface area contributed by atoms with E-state index >= 15 is 0 Å². The molecule has 0 atom stereocenters. The molecule has 0 saturated heterocycles. The lowest BCUT2D eigenvalue weighted by Crippen LogP contribution is -2.15. The van der Waals surface area contributed by atoms with Crippen molar-refractivity contribution in [2.45, 2.75) is 26.9 Å². The number of carbonyl (C=O) groups is 2. The van der Waals surface area contributed by atoms with Crippen LogP contribution < -0.4 is 15.4 Å². The number of anilines is 2. The van der Waals surface area contributed by atoms with Crippen LogP contribution in [0.15, 0.2) is 54.9 Å². The average Bonchev–Trinajstić information content (AvgIpc) is 2.70. The van der Waals surface area contributed by atoms with E-state index in [1.54, 1.807) is 36.4 Å². The van der Waals surface area contributed by atoms with Crippen molar-refractivity contribution in [1.29, 1.82) is 0 Å². The third-order valence-corrected chi connectivity index (χ3v) is 4.14. The van der Waals surface area contributed by atoms with E-state index in [9.17, 15) is 14.0 Å². The summed E-state index contributed by atoms with van der Waals surface area (Å²) in [6, 6.07) is 13.7. The fourth-order valence-electron chi connectivity index (χ4n) is 2.77. The standard InChI is InChI=1S/C22H21FN4O3/c1-14-3-8-19(17(9-14)12-23)27-21(29)10-16-4-6-18(7-5-16)30-22-11-20(24-13-25-22)26-15(2)28/h3-9,11,13H,10,12H2,1-2H3,(H,27,29)(H,24,25,26,28). The van der Waals surface area contributed by atoms with Crippen molar-refractivity contribution in [2.24, 2.45) is 0 Å². The molecule has 8 heteroatoms. The van der Waals surface area contributed by atoms with Gasteiger partial charge in [0.05, 0.1) is 6.42 Å². The van der Waals surface area contributed by atoms with E-state index < -0.39 is 6.67 Å². The minimum Gasteiger partial charge on any atom is -0.439 e. The molecule has 0 spiro atoms. The molecular weight excluding hydrogens is 387 g/mol. The van der Waals surface area contributed by atoms with Gasteiger partial charge >= 0.3 is 0 Å². The van der Waals surface area contributed by atoms with Gasteiger partial charge in [-0.15, -0.1) is 0 Å². The Kier molecular flexibility index (Phi) is 6.69. The fourth-order valence-corrected chi connectivity index (χ4v) is 2.77. The summed E-state index contributed by atoms with van der Waals surface area (Å²) in [7, 11) is 0. The van der Waals surface area contributed by atoms with E-state index in [1.807, 2.05) is 13.0 Å². The maximum Gasteiger partial charge on any atom is 0.228 e. The number of ether oxygens (including phenoxy) is 1. The van der Waals surface area contributed by atoms with Crippen molar-refractivity contribution in [3.63, 3.8) is 0 Å². The van der Waals surface area contributed by atoms with E-state index in [1.165, 1.54) is 19.3 Å². The summed E-state index contributed by atoms with van der Waals surface area (Å²) in [5.41, 5.74) is 2.64. The van der Waals surface area contributed by atoms with Gasteiger partial charge in [-0.3, -0.25) is 9.59 Å². The zero-order chi connectivity index (χ0) is 21.5. The Morgan fingerprint density at radius 3 is 2.50 bits per heavy atom. The van der Waals surface area contributed by atoms with Crippen molar-refractivity contribution in [1.82, 2.24) is 9.97 Å². The van der Waals surface area contributed by atoms with E-state index in [4.69, 9.17) is 4.74 Å². The van der Waals surface area contributed by atoms with Crippen LogP contribution in [0.5, 0.6) is 11.6 Å². The van der Waals surface area contributed by atoms with Crippen LogP contribution in [0.4, 0.5) is 15.9 Å². The smallest absolute Gasteiger partial charge is 0.228 e. The molecule has 7 nitrogen and oxygen atoms in total. The van der Waals surface area contributed by atoms with Crippen LogP contribution in [0.25, 0.3) is 0 Å². The number of rotatable bonds is 7. The zero-order valence-electron chi connectivity index (χ0n) is 16.6. The number of halogens is 1. The number of amides is 2. The van der Waals surface area contributed by atoms with Crippen molar-refractivity contribution in [2.75, 3.05) is 10.6 Å². The lowest BCUT2D eigenvalue weighted by molar-refractivity contribution is -0.116. The van der Waals surface area contributed by atoms with E-state index in [0.717, 1.165) is 11.1 Å². The molecule has 0 unspecified atom stereocenters. The van der Waals surface area contributed by atoms with Crippen LogP contribution >= 0.6 is 0 Å². The first-order valence-corrected chi connectivity index (χ1v) is 9.24. The van der Waals surface area contributed by atoms with Gasteiger partial charge in [-0.05, 0) is 30.7 Å². The molecule has 3 aromatic rings. The summed E-state index contributed by atoms with van der Waals surface area (Å²) < 4.78 is 18.8. The van der Waals surface area contributed by atoms with E-state index in [2.05, 4.69) is 20.6 Å². The summed E-state index contributed by atoms with van der Waals surface area (Å²) in [4.78, 5) is 31.4. The number of alkyl halides is 1. The highest BCUT2D eigenvalue weighted by atomic mass is 19.1. The molecule has 1 aromatic heterocycles. The first-order chi connectivity index (χ1) is 14.4. The predicted molar refractivity (Wildman–Crippen MR) is 111 cm³/mol. The fraction of sp³-hybridized carbons (Fsp3) is 0.182. The minimum absolute atomic E-state index is 0.139. The number of aromatic nitrogens is 2. The van der Waals surface area contributed by atoms with E-state index in [0.29, 0.717) is 22.8 Å². The van der Waals surface area contributed by atoms with Crippen LogP contribution in [-0.4, -0.2) is 21.8 Å². The first-order valence-electron chi connectivity index (χ1n) is 9.24. The van der Waals surface area contributed by atoms with Gasteiger partial charge in [0.2, 0.25) is 17.7 Å². The van der Waals surface area contributed by atoms with Crippen molar-refractivity contribution in [3.05, 3.63) is 71.5 Å². The van der Waals surface area contributed by atoms with E-state index in [-0.39, 0.29) is 24.1 Å². The van der Waals surface area contributed by atoms with Crippen molar-refractivity contribution >= 4 is 23.3 Å². The van der Waals surface area contributed by atoms with Gasteiger partial charge in [0.25, 0.3) is 0 Å². The largest absolute Gasteiger partial charge is 0.439 e. The Bertz CT molecular complexity index is 1050. The highest BCUT2D eigenvalue weighted by Gasteiger charge is 2.09. The number of carbonyl (C=O) groups excluding carboxylic acids is 2. The van der Waals surface area contributed by atoms with Gasteiger partial charge in [-0.1, -0.05) is 29.8 Å². The van der Waals surface area contributed by atoms with Crippen LogP contribution in [0.2, 0.25) is 0 Å². The normalized spacial score (nSPS) is 10.4. The van der Waals surface area contributed by atoms with Gasteiger partial charge < -0.3 is 15.4 Å². The molecule has 0 saturated carbocycles. The predicted octanol–water partition coefficient (Wildman–Crippen LogP) is 4.19. The highest BCUT2D eigenvalue weighted by molar-refractivity contribution is 5.93. The molecule has 0 aliphatic carbocycles. The monoisotopic (exact) mass is 408 g/mol. The number of nitrogens with zero attached hydrogens (tertiary/aromatic N) is 2. The van der Waals surface area contributed by atoms with Crippen LogP contribution in [0, 0.1) is 6.92 Å². The summed E-state index contributed by atoms with van der Waals surface area (Å²) in [6.45, 7) is 2.61. The van der Waals surface area contributed by atoms with Gasteiger partial charge in [0.1, 0.15) is 24.6 Å². The van der Waals surface area contributed by atoms with Gasteiger partial charge in [-0.25, -0.2) is 14.4 Å². The molecule has 3 rings (SSSR count). The minimum atomic E-state index is -0.643. The summed E-state index contributed by atoms with van der Waals surface area (Å²) in [6.07, 6.45) is 1.43. The summed E-state index contributed by atoms with van der Waals surface area (Å²) in [5.74, 6) is 0.649. The Morgan fingerprint density at radius 2 is 1.80 bits per heavy atom. The molecule has 0 aliphatic heterocycles. The van der Waals surface area contributed by atoms with Gasteiger partial charge in [0, 0.05) is 24.2 Å². The third-order valence-electron chi connectivity index (χ3n) is 4.14. The maximum atomic E-state index is 13.2. The molecule has 2 aromatic carbocycles. The zero-order valence-corrected chi connectivity index (χ0v) is 16.6. The topological polar surface area (TPSA) is 93.2 Å². The van der Waals surface area contributed by atoms with Gasteiger partial charge in [-0.2, -0.15) is 0 Å². The number of hydrogen-bond acceptors (Lipinski definition) is 5. The Balaban J connectivity index is 1.61. The lowest BCUT2D eigenvalue weighted by Gasteiger charge is -2.10. The van der Waals surface area contributed by atoms with Crippen molar-refractivity contribution in [3.8, 4) is 11.6 Å². The molecule has 0 fully saturated rings. The number of benzene rings is 2. The molecule has 1 heterocycles. The second kappa shape index (κ2) is 9.60. The molecule has 30 heavy (non-hydrogen) atoms.